The Morgan fingerprint density at radius 1 is 1.09 bits per heavy atom. The summed E-state index contributed by atoms with van der Waals surface area (Å²) < 4.78 is 28.4. The van der Waals surface area contributed by atoms with Crippen LogP contribution >= 0.6 is 0 Å². The van der Waals surface area contributed by atoms with Gasteiger partial charge in [-0.25, -0.2) is 13.4 Å². The highest BCUT2D eigenvalue weighted by atomic mass is 32.2. The van der Waals surface area contributed by atoms with Crippen LogP contribution in [-0.2, 0) is 10.0 Å². The summed E-state index contributed by atoms with van der Waals surface area (Å²) in [5, 5.41) is -0.116. The fourth-order valence-corrected chi connectivity index (χ4v) is 4.90. The van der Waals surface area contributed by atoms with E-state index in [1.807, 2.05) is 35.0 Å². The number of hydrogen-bond acceptors (Lipinski definition) is 4. The number of aromatic nitrogens is 2. The molecular weight excluding hydrogens is 300 g/mol. The van der Waals surface area contributed by atoms with Gasteiger partial charge in [0.25, 0.3) is 0 Å². The van der Waals surface area contributed by atoms with E-state index in [1.54, 1.807) is 4.31 Å². The minimum absolute atomic E-state index is 0.116. The molecule has 2 fully saturated rings. The average Bonchev–Trinajstić information content (AvgIpc) is 3.31. The Morgan fingerprint density at radius 3 is 2.73 bits per heavy atom. The molecule has 2 aliphatic rings. The molecule has 2 aromatic heterocycles. The van der Waals surface area contributed by atoms with Crippen molar-refractivity contribution in [3.63, 3.8) is 0 Å². The van der Waals surface area contributed by atoms with Crippen molar-refractivity contribution in [3.05, 3.63) is 30.6 Å². The highest BCUT2D eigenvalue weighted by Crippen LogP contribution is 2.31. The first-order chi connectivity index (χ1) is 10.6. The minimum atomic E-state index is -3.06. The summed E-state index contributed by atoms with van der Waals surface area (Å²) in [5.41, 5.74) is 0.921. The van der Waals surface area contributed by atoms with Gasteiger partial charge in [-0.1, -0.05) is 6.07 Å². The number of sulfonamides is 1. The smallest absolute Gasteiger partial charge is 0.217 e. The lowest BCUT2D eigenvalue weighted by molar-refractivity contribution is 0.432. The van der Waals surface area contributed by atoms with Crippen molar-refractivity contribution in [3.8, 4) is 0 Å². The molecule has 1 saturated carbocycles. The summed E-state index contributed by atoms with van der Waals surface area (Å²) in [5.74, 6) is 0.928. The molecule has 0 bridgehead atoms. The van der Waals surface area contributed by atoms with Gasteiger partial charge in [0.1, 0.15) is 11.5 Å². The lowest BCUT2D eigenvalue weighted by Crippen LogP contribution is -2.37. The zero-order chi connectivity index (χ0) is 15.2. The van der Waals surface area contributed by atoms with Crippen molar-refractivity contribution in [1.82, 2.24) is 13.7 Å². The van der Waals surface area contributed by atoms with Crippen LogP contribution in [0.3, 0.4) is 0 Å². The summed E-state index contributed by atoms with van der Waals surface area (Å²) in [6.45, 7) is 2.74. The van der Waals surface area contributed by atoms with E-state index in [0.29, 0.717) is 19.6 Å². The van der Waals surface area contributed by atoms with E-state index in [9.17, 15) is 8.42 Å². The molecule has 0 unspecified atom stereocenters. The van der Waals surface area contributed by atoms with E-state index >= 15 is 0 Å². The average molecular weight is 320 g/mol. The predicted octanol–water partition coefficient (Wildman–Crippen LogP) is 1.34. The van der Waals surface area contributed by atoms with Gasteiger partial charge in [0, 0.05) is 32.4 Å². The maximum absolute atomic E-state index is 12.4. The largest absolute Gasteiger partial charge is 0.354 e. The topological polar surface area (TPSA) is 57.9 Å². The molecule has 118 valence electrons. The summed E-state index contributed by atoms with van der Waals surface area (Å²) in [6.07, 6.45) is 6.50. The molecule has 4 rings (SSSR count). The number of rotatable bonds is 3. The Kier molecular flexibility index (Phi) is 3.34. The Labute approximate surface area is 130 Å². The second-order valence-corrected chi connectivity index (χ2v) is 8.26. The van der Waals surface area contributed by atoms with E-state index in [1.165, 1.54) is 0 Å². The summed E-state index contributed by atoms with van der Waals surface area (Å²) in [6, 6.07) is 5.93. The number of anilines is 1. The molecule has 0 radical (unpaired) electrons. The van der Waals surface area contributed by atoms with Crippen LogP contribution < -0.4 is 4.90 Å². The minimum Gasteiger partial charge on any atom is -0.354 e. The van der Waals surface area contributed by atoms with Gasteiger partial charge in [0.15, 0.2) is 0 Å². The summed E-state index contributed by atoms with van der Waals surface area (Å²) in [7, 11) is -3.06. The van der Waals surface area contributed by atoms with Crippen molar-refractivity contribution in [2.24, 2.45) is 0 Å². The first-order valence-electron chi connectivity index (χ1n) is 7.82. The SMILES string of the molecule is O=S(=O)(C1CC1)N1CCCN(c2cn3ccccc3n2)CC1. The lowest BCUT2D eigenvalue weighted by atomic mass is 10.4. The Balaban J connectivity index is 1.52. The zero-order valence-corrected chi connectivity index (χ0v) is 13.2. The lowest BCUT2D eigenvalue weighted by Gasteiger charge is -2.21. The molecule has 22 heavy (non-hydrogen) atoms. The Bertz CT molecular complexity index is 749. The van der Waals surface area contributed by atoms with Crippen LogP contribution in [0.2, 0.25) is 0 Å². The van der Waals surface area contributed by atoms with Gasteiger partial charge in [-0.2, -0.15) is 4.31 Å². The summed E-state index contributed by atoms with van der Waals surface area (Å²) in [4.78, 5) is 6.82. The van der Waals surface area contributed by atoms with Gasteiger partial charge in [0.05, 0.1) is 11.4 Å². The normalized spacial score (nSPS) is 21.2. The molecule has 1 aliphatic carbocycles. The van der Waals surface area contributed by atoms with Crippen LogP contribution in [0.1, 0.15) is 19.3 Å². The predicted molar refractivity (Wildman–Crippen MR) is 85.5 cm³/mol. The quantitative estimate of drug-likeness (QED) is 0.856. The highest BCUT2D eigenvalue weighted by Gasteiger charge is 2.40. The van der Waals surface area contributed by atoms with Gasteiger partial charge < -0.3 is 9.30 Å². The zero-order valence-electron chi connectivity index (χ0n) is 12.4. The van der Waals surface area contributed by atoms with Crippen LogP contribution in [0.4, 0.5) is 5.82 Å². The number of fused-ring (bicyclic) bond motifs is 1. The number of nitrogens with zero attached hydrogens (tertiary/aromatic N) is 4. The Hall–Kier alpha value is -1.60. The third-order valence-electron chi connectivity index (χ3n) is 4.44. The molecule has 0 N–H and O–H groups in total. The van der Waals surface area contributed by atoms with Crippen molar-refractivity contribution < 1.29 is 8.42 Å². The molecule has 2 aromatic rings. The van der Waals surface area contributed by atoms with Crippen molar-refractivity contribution in [2.45, 2.75) is 24.5 Å². The second-order valence-electron chi connectivity index (χ2n) is 6.05. The monoisotopic (exact) mass is 320 g/mol. The van der Waals surface area contributed by atoms with E-state index in [4.69, 9.17) is 0 Å². The first kappa shape index (κ1) is 14.0. The van der Waals surface area contributed by atoms with Gasteiger partial charge in [-0.05, 0) is 31.4 Å². The fourth-order valence-electron chi connectivity index (χ4n) is 3.03. The molecule has 3 heterocycles. The molecule has 1 saturated heterocycles. The van der Waals surface area contributed by atoms with Crippen LogP contribution in [0, 0.1) is 0 Å². The van der Waals surface area contributed by atoms with Crippen molar-refractivity contribution in [1.29, 1.82) is 0 Å². The van der Waals surface area contributed by atoms with Crippen LogP contribution in [-0.4, -0.2) is 53.5 Å². The van der Waals surface area contributed by atoms with Gasteiger partial charge in [0.2, 0.25) is 10.0 Å². The molecule has 0 amide bonds. The molecule has 1 aliphatic heterocycles. The van der Waals surface area contributed by atoms with Gasteiger partial charge >= 0.3 is 0 Å². The Morgan fingerprint density at radius 2 is 1.95 bits per heavy atom. The second kappa shape index (κ2) is 5.24. The van der Waals surface area contributed by atoms with Crippen LogP contribution in [0.5, 0.6) is 0 Å². The van der Waals surface area contributed by atoms with E-state index in [2.05, 4.69) is 9.88 Å². The van der Waals surface area contributed by atoms with Gasteiger partial charge in [-0.3, -0.25) is 0 Å². The third kappa shape index (κ3) is 2.48. The third-order valence-corrected chi connectivity index (χ3v) is 6.83. The van der Waals surface area contributed by atoms with E-state index < -0.39 is 10.0 Å². The van der Waals surface area contributed by atoms with Crippen LogP contribution in [0.25, 0.3) is 5.65 Å². The molecular formula is C15H20N4O2S. The van der Waals surface area contributed by atoms with Crippen molar-refractivity contribution in [2.75, 3.05) is 31.1 Å². The maximum atomic E-state index is 12.4. The first-order valence-corrected chi connectivity index (χ1v) is 9.32. The molecule has 6 nitrogen and oxygen atoms in total. The van der Waals surface area contributed by atoms with Crippen molar-refractivity contribution >= 4 is 21.5 Å². The highest BCUT2D eigenvalue weighted by molar-refractivity contribution is 7.90. The molecule has 0 spiro atoms. The maximum Gasteiger partial charge on any atom is 0.217 e. The fraction of sp³-hybridized carbons (Fsp3) is 0.533. The number of hydrogen-bond donors (Lipinski definition) is 0. The standard InChI is InChI=1S/C15H20N4O2S/c20-22(21,13-5-6-13)19-9-3-8-17(10-11-19)15-12-18-7-2-1-4-14(18)16-15/h1-2,4,7,12-13H,3,5-6,8-11H2. The van der Waals surface area contributed by atoms with E-state index in [0.717, 1.165) is 37.3 Å². The van der Waals surface area contributed by atoms with E-state index in [-0.39, 0.29) is 5.25 Å². The van der Waals surface area contributed by atoms with Crippen LogP contribution in [0.15, 0.2) is 30.6 Å². The van der Waals surface area contributed by atoms with Gasteiger partial charge in [-0.15, -0.1) is 0 Å². The summed E-state index contributed by atoms with van der Waals surface area (Å²) >= 11 is 0. The molecule has 7 heteroatoms. The number of imidazole rings is 1. The molecule has 0 atom stereocenters. The molecule has 0 aromatic carbocycles. The number of pyridine rings is 1.